The second-order valence-electron chi connectivity index (χ2n) is 11.3. The van der Waals surface area contributed by atoms with E-state index in [0.29, 0.717) is 12.8 Å². The second kappa shape index (κ2) is 7.77. The SMILES string of the molecule is C[C@]12Cc3cnoc3C=C1CCC1C2C(O)C[C@@]2(C)C1CC[C@]2(O)C(=O)CSc1ccccn1. The molecular formula is C27H32N2O4S. The Morgan fingerprint density at radius 1 is 1.29 bits per heavy atom. The summed E-state index contributed by atoms with van der Waals surface area (Å²) in [6.45, 7) is 4.34. The first kappa shape index (κ1) is 22.5. The molecule has 0 amide bonds. The average molecular weight is 481 g/mol. The first-order chi connectivity index (χ1) is 16.3. The molecule has 4 unspecified atom stereocenters. The largest absolute Gasteiger partial charge is 0.393 e. The predicted octanol–water partition coefficient (Wildman–Crippen LogP) is 4.32. The van der Waals surface area contributed by atoms with Crippen molar-refractivity contribution < 1.29 is 19.5 Å². The molecular weight excluding hydrogens is 448 g/mol. The fourth-order valence-corrected chi connectivity index (χ4v) is 9.00. The highest BCUT2D eigenvalue weighted by atomic mass is 32.2. The quantitative estimate of drug-likeness (QED) is 0.629. The zero-order valence-corrected chi connectivity index (χ0v) is 20.6. The molecule has 0 aliphatic heterocycles. The smallest absolute Gasteiger partial charge is 0.175 e. The van der Waals surface area contributed by atoms with Crippen LogP contribution in [0.15, 0.2) is 45.7 Å². The number of rotatable bonds is 4. The Labute approximate surface area is 204 Å². The zero-order chi connectivity index (χ0) is 23.7. The summed E-state index contributed by atoms with van der Waals surface area (Å²) in [6.07, 6.45) is 9.61. The van der Waals surface area contributed by atoms with E-state index in [1.165, 1.54) is 17.3 Å². The van der Waals surface area contributed by atoms with Gasteiger partial charge in [-0.05, 0) is 79.9 Å². The molecule has 7 atom stereocenters. The van der Waals surface area contributed by atoms with Crippen LogP contribution in [0.4, 0.5) is 0 Å². The number of Topliss-reactive ketones (excluding diaryl/α,β-unsaturated/α-hetero) is 1. The first-order valence-corrected chi connectivity index (χ1v) is 13.4. The molecule has 0 radical (unpaired) electrons. The minimum absolute atomic E-state index is 0.106. The lowest BCUT2D eigenvalue weighted by molar-refractivity contribution is -0.177. The summed E-state index contributed by atoms with van der Waals surface area (Å²) >= 11 is 1.38. The fourth-order valence-electron chi connectivity index (χ4n) is 8.17. The summed E-state index contributed by atoms with van der Waals surface area (Å²) in [5.74, 6) is 1.52. The minimum Gasteiger partial charge on any atom is -0.393 e. The number of aliphatic hydroxyl groups excluding tert-OH is 1. The Balaban J connectivity index is 1.28. The maximum Gasteiger partial charge on any atom is 0.175 e. The van der Waals surface area contributed by atoms with Crippen LogP contribution < -0.4 is 0 Å². The molecule has 7 heteroatoms. The molecule has 6 rings (SSSR count). The minimum atomic E-state index is -1.41. The van der Waals surface area contributed by atoms with Gasteiger partial charge in [0.15, 0.2) is 11.5 Å². The van der Waals surface area contributed by atoms with Crippen molar-refractivity contribution in [3.05, 3.63) is 47.5 Å². The van der Waals surface area contributed by atoms with E-state index in [9.17, 15) is 15.0 Å². The standard InChI is InChI=1S/C27H32N2O4S/c1-25-12-16-14-29-33-21(16)11-17(25)6-7-18-19-8-9-27(32,26(19,2)13-20(30)24(18)25)22(31)15-34-23-5-3-4-10-28-23/h3-5,10-11,14,18-20,24,30,32H,6-9,12-13,15H2,1-2H3/t18?,19?,20?,24?,25-,26-,27-/m0/s1. The number of pyridine rings is 1. The number of aromatic nitrogens is 2. The molecule has 0 saturated heterocycles. The Morgan fingerprint density at radius 3 is 2.94 bits per heavy atom. The van der Waals surface area contributed by atoms with Gasteiger partial charge in [0, 0.05) is 17.2 Å². The maximum atomic E-state index is 13.5. The van der Waals surface area contributed by atoms with E-state index >= 15 is 0 Å². The number of nitrogens with zero attached hydrogens (tertiary/aromatic N) is 2. The molecule has 2 aromatic rings. The molecule has 180 valence electrons. The summed E-state index contributed by atoms with van der Waals surface area (Å²) < 4.78 is 5.44. The van der Waals surface area contributed by atoms with Gasteiger partial charge in [0.25, 0.3) is 0 Å². The highest BCUT2D eigenvalue weighted by Gasteiger charge is 2.68. The summed E-state index contributed by atoms with van der Waals surface area (Å²) in [5.41, 5.74) is 0.274. The summed E-state index contributed by atoms with van der Waals surface area (Å²) in [6, 6.07) is 5.64. The van der Waals surface area contributed by atoms with E-state index in [0.717, 1.165) is 42.0 Å². The van der Waals surface area contributed by atoms with E-state index in [1.54, 1.807) is 6.20 Å². The van der Waals surface area contributed by atoms with Crippen LogP contribution in [-0.2, 0) is 11.2 Å². The third-order valence-electron chi connectivity index (χ3n) is 9.81. The van der Waals surface area contributed by atoms with Crippen molar-refractivity contribution in [3.8, 4) is 0 Å². The number of fused-ring (bicyclic) bond motifs is 6. The monoisotopic (exact) mass is 480 g/mol. The van der Waals surface area contributed by atoms with Crippen LogP contribution >= 0.6 is 11.8 Å². The van der Waals surface area contributed by atoms with Gasteiger partial charge in [-0.2, -0.15) is 0 Å². The summed E-state index contributed by atoms with van der Waals surface area (Å²) in [7, 11) is 0. The third-order valence-corrected chi connectivity index (χ3v) is 10.8. The number of carbonyl (C=O) groups excluding carboxylic acids is 1. The Hall–Kier alpha value is -1.96. The van der Waals surface area contributed by atoms with Crippen molar-refractivity contribution in [2.45, 2.75) is 69.1 Å². The lowest BCUT2D eigenvalue weighted by Crippen LogP contribution is -2.62. The van der Waals surface area contributed by atoms with Gasteiger partial charge in [-0.3, -0.25) is 4.79 Å². The Morgan fingerprint density at radius 2 is 2.15 bits per heavy atom. The molecule has 2 aromatic heterocycles. The topological polar surface area (TPSA) is 96.5 Å². The van der Waals surface area contributed by atoms with Gasteiger partial charge in [0.05, 0.1) is 23.1 Å². The zero-order valence-electron chi connectivity index (χ0n) is 19.7. The molecule has 2 heterocycles. The average Bonchev–Trinajstić information content (AvgIpc) is 3.37. The van der Waals surface area contributed by atoms with Crippen molar-refractivity contribution in [1.29, 1.82) is 0 Å². The fraction of sp³-hybridized carbons (Fsp3) is 0.593. The predicted molar refractivity (Wildman–Crippen MR) is 129 cm³/mol. The maximum absolute atomic E-state index is 13.5. The van der Waals surface area contributed by atoms with Crippen LogP contribution in [0.2, 0.25) is 0 Å². The Kier molecular flexibility index (Phi) is 5.14. The number of hydrogen-bond donors (Lipinski definition) is 2. The molecule has 0 spiro atoms. The van der Waals surface area contributed by atoms with Crippen molar-refractivity contribution in [2.75, 3.05) is 5.75 Å². The van der Waals surface area contributed by atoms with E-state index in [4.69, 9.17) is 4.52 Å². The number of thioether (sulfide) groups is 1. The van der Waals surface area contributed by atoms with Crippen LogP contribution in [-0.4, -0.2) is 43.6 Å². The second-order valence-corrected chi connectivity index (χ2v) is 12.3. The van der Waals surface area contributed by atoms with Crippen molar-refractivity contribution in [2.24, 2.45) is 28.6 Å². The molecule has 2 N–H and O–H groups in total. The molecule has 34 heavy (non-hydrogen) atoms. The number of allylic oxidation sites excluding steroid dienone is 1. The van der Waals surface area contributed by atoms with Gasteiger partial charge in [0.2, 0.25) is 0 Å². The van der Waals surface area contributed by atoms with Gasteiger partial charge >= 0.3 is 0 Å². The molecule has 0 aromatic carbocycles. The summed E-state index contributed by atoms with van der Waals surface area (Å²) in [4.78, 5) is 17.8. The van der Waals surface area contributed by atoms with Crippen molar-refractivity contribution >= 4 is 23.6 Å². The molecule has 0 bridgehead atoms. The first-order valence-electron chi connectivity index (χ1n) is 12.4. The van der Waals surface area contributed by atoms with E-state index in [1.807, 2.05) is 24.4 Å². The molecule has 4 aliphatic carbocycles. The lowest BCUT2D eigenvalue weighted by Gasteiger charge is -2.60. The highest BCUT2D eigenvalue weighted by Crippen LogP contribution is 2.67. The molecule has 4 aliphatic rings. The van der Waals surface area contributed by atoms with Gasteiger partial charge in [-0.15, -0.1) is 0 Å². The van der Waals surface area contributed by atoms with Crippen LogP contribution in [0, 0.1) is 28.6 Å². The van der Waals surface area contributed by atoms with Crippen LogP contribution in [0.25, 0.3) is 6.08 Å². The van der Waals surface area contributed by atoms with Gasteiger partial charge in [0.1, 0.15) is 5.60 Å². The van der Waals surface area contributed by atoms with Gasteiger partial charge < -0.3 is 14.7 Å². The third kappa shape index (κ3) is 3.06. The van der Waals surface area contributed by atoms with Crippen molar-refractivity contribution in [1.82, 2.24) is 10.1 Å². The molecule has 3 fully saturated rings. The van der Waals surface area contributed by atoms with E-state index in [2.05, 4.69) is 30.1 Å². The Bertz CT molecular complexity index is 1150. The number of aliphatic hydroxyl groups is 2. The van der Waals surface area contributed by atoms with Gasteiger partial charge in [-0.25, -0.2) is 4.98 Å². The normalized spacial score (nSPS) is 40.5. The van der Waals surface area contributed by atoms with Crippen LogP contribution in [0.1, 0.15) is 57.3 Å². The van der Waals surface area contributed by atoms with E-state index < -0.39 is 17.1 Å². The molecule has 6 nitrogen and oxygen atoms in total. The lowest BCUT2D eigenvalue weighted by atomic mass is 9.45. The van der Waals surface area contributed by atoms with Crippen molar-refractivity contribution in [3.63, 3.8) is 0 Å². The molecule has 3 saturated carbocycles. The number of hydrogen-bond acceptors (Lipinski definition) is 7. The number of carbonyl (C=O) groups is 1. The highest BCUT2D eigenvalue weighted by molar-refractivity contribution is 7.99. The summed E-state index contributed by atoms with van der Waals surface area (Å²) in [5, 5.41) is 28.3. The van der Waals surface area contributed by atoms with E-state index in [-0.39, 0.29) is 34.7 Å². The van der Waals surface area contributed by atoms with Crippen LogP contribution in [0.3, 0.4) is 0 Å². The van der Waals surface area contributed by atoms with Crippen LogP contribution in [0.5, 0.6) is 0 Å². The van der Waals surface area contributed by atoms with Gasteiger partial charge in [-0.1, -0.05) is 42.4 Å². The number of ketones is 1.